The Balaban J connectivity index is 1.83. The molecule has 1 aromatic heterocycles. The first-order valence-corrected chi connectivity index (χ1v) is 8.45. The summed E-state index contributed by atoms with van der Waals surface area (Å²) >= 11 is 0. The van der Waals surface area contributed by atoms with Crippen molar-refractivity contribution in [1.82, 2.24) is 9.88 Å². The zero-order valence-corrected chi connectivity index (χ0v) is 14.6. The van der Waals surface area contributed by atoms with E-state index in [4.69, 9.17) is 4.74 Å². The van der Waals surface area contributed by atoms with E-state index in [1.807, 2.05) is 0 Å². The van der Waals surface area contributed by atoms with Gasteiger partial charge < -0.3 is 14.5 Å². The van der Waals surface area contributed by atoms with E-state index >= 15 is 0 Å². The first-order chi connectivity index (χ1) is 13.2. The second-order valence-electron chi connectivity index (χ2n) is 6.81. The number of aromatic nitrogens is 1. The van der Waals surface area contributed by atoms with Crippen LogP contribution in [-0.4, -0.2) is 59.2 Å². The highest BCUT2D eigenvalue weighted by Crippen LogP contribution is 2.45. The highest BCUT2D eigenvalue weighted by molar-refractivity contribution is 6.01. The van der Waals surface area contributed by atoms with E-state index in [2.05, 4.69) is 4.98 Å². The van der Waals surface area contributed by atoms with E-state index < -0.39 is 17.7 Å². The van der Waals surface area contributed by atoms with E-state index in [0.29, 0.717) is 6.42 Å². The van der Waals surface area contributed by atoms with Crippen LogP contribution in [0.4, 0.5) is 24.5 Å². The number of nitrogens with zero attached hydrogens (tertiary/aromatic N) is 4. The van der Waals surface area contributed by atoms with Crippen LogP contribution in [0.25, 0.3) is 10.9 Å². The van der Waals surface area contributed by atoms with Gasteiger partial charge in [0.15, 0.2) is 6.61 Å². The lowest BCUT2D eigenvalue weighted by atomic mass is 10.1. The summed E-state index contributed by atoms with van der Waals surface area (Å²) in [5.74, 6) is -0.304. The summed E-state index contributed by atoms with van der Waals surface area (Å²) in [5, 5.41) is 11.9. The molecule has 4 rings (SSSR count). The van der Waals surface area contributed by atoms with Crippen LogP contribution in [0.15, 0.2) is 24.4 Å². The van der Waals surface area contributed by atoms with Crippen LogP contribution >= 0.6 is 0 Å². The molecule has 0 radical (unpaired) electrons. The van der Waals surface area contributed by atoms with Crippen LogP contribution < -0.4 is 9.64 Å². The van der Waals surface area contributed by atoms with Gasteiger partial charge in [-0.25, -0.2) is 4.98 Å². The minimum absolute atomic E-state index is 0.0336. The fraction of sp³-hybridized carbons (Fsp3) is 0.412. The molecule has 1 saturated heterocycles. The standard InChI is InChI=1S/C17H15F3N4O4/c1-22-10-5-11(10)23(7-14(22)25)16-9-3-2-4-13(28-8-17(18,19)20)15(9)21-6-12(16)24(26)27/h2-4,6,10-11H,5,7-8H2,1H3/t10-,11+/m1/s1. The molecule has 2 aliphatic rings. The number of anilines is 1. The fourth-order valence-corrected chi connectivity index (χ4v) is 3.61. The number of carbonyl (C=O) groups excluding carboxylic acids is 1. The van der Waals surface area contributed by atoms with Gasteiger partial charge in [-0.05, 0) is 12.5 Å². The van der Waals surface area contributed by atoms with Crippen molar-refractivity contribution >= 4 is 28.2 Å². The van der Waals surface area contributed by atoms with Crippen LogP contribution in [0.3, 0.4) is 0 Å². The Bertz CT molecular complexity index is 981. The van der Waals surface area contributed by atoms with Gasteiger partial charge in [0.25, 0.3) is 0 Å². The van der Waals surface area contributed by atoms with Crippen molar-refractivity contribution in [3.63, 3.8) is 0 Å². The molecule has 0 spiro atoms. The van der Waals surface area contributed by atoms with E-state index in [-0.39, 0.29) is 52.6 Å². The van der Waals surface area contributed by atoms with Gasteiger partial charge in [0, 0.05) is 12.4 Å². The molecule has 11 heteroatoms. The Morgan fingerprint density at radius 1 is 1.36 bits per heavy atom. The summed E-state index contributed by atoms with van der Waals surface area (Å²) < 4.78 is 42.4. The molecule has 2 atom stereocenters. The molecule has 0 unspecified atom stereocenters. The maximum absolute atomic E-state index is 12.5. The maximum Gasteiger partial charge on any atom is 0.422 e. The van der Waals surface area contributed by atoms with Gasteiger partial charge in [0.2, 0.25) is 5.91 Å². The lowest BCUT2D eigenvalue weighted by Crippen LogP contribution is -2.48. The lowest BCUT2D eigenvalue weighted by Gasteiger charge is -2.33. The third-order valence-corrected chi connectivity index (χ3v) is 5.01. The average molecular weight is 396 g/mol. The topological polar surface area (TPSA) is 88.8 Å². The molecule has 0 bridgehead atoms. The molecule has 2 aromatic rings. The molecule has 148 valence electrons. The molecule has 28 heavy (non-hydrogen) atoms. The molecule has 1 amide bonds. The van der Waals surface area contributed by atoms with Crippen molar-refractivity contribution in [2.45, 2.75) is 24.7 Å². The molecule has 1 saturated carbocycles. The first-order valence-electron chi connectivity index (χ1n) is 8.45. The number of hydrogen-bond donors (Lipinski definition) is 0. The van der Waals surface area contributed by atoms with Crippen molar-refractivity contribution in [2.75, 3.05) is 25.1 Å². The van der Waals surface area contributed by atoms with Gasteiger partial charge in [-0.3, -0.25) is 14.9 Å². The predicted molar refractivity (Wildman–Crippen MR) is 92.3 cm³/mol. The summed E-state index contributed by atoms with van der Waals surface area (Å²) in [6, 6.07) is 4.20. The quantitative estimate of drug-likeness (QED) is 0.583. The Labute approximate surface area is 156 Å². The van der Waals surface area contributed by atoms with Crippen LogP contribution in [0.2, 0.25) is 0 Å². The zero-order chi connectivity index (χ0) is 20.2. The van der Waals surface area contributed by atoms with Crippen LogP contribution in [-0.2, 0) is 4.79 Å². The summed E-state index contributed by atoms with van der Waals surface area (Å²) in [4.78, 5) is 30.5. The summed E-state index contributed by atoms with van der Waals surface area (Å²) in [6.45, 7) is -1.55. The van der Waals surface area contributed by atoms with Crippen molar-refractivity contribution in [3.8, 4) is 5.75 Å². The number of amides is 1. The summed E-state index contributed by atoms with van der Waals surface area (Å²) in [6.07, 6.45) is -2.86. The van der Waals surface area contributed by atoms with E-state index in [1.54, 1.807) is 16.8 Å². The molecule has 8 nitrogen and oxygen atoms in total. The van der Waals surface area contributed by atoms with E-state index in [0.717, 1.165) is 6.20 Å². The molecular weight excluding hydrogens is 381 g/mol. The Morgan fingerprint density at radius 3 is 2.79 bits per heavy atom. The Kier molecular flexibility index (Phi) is 4.05. The minimum Gasteiger partial charge on any atom is -0.482 e. The second-order valence-corrected chi connectivity index (χ2v) is 6.81. The maximum atomic E-state index is 12.5. The number of carbonyl (C=O) groups is 1. The van der Waals surface area contributed by atoms with Crippen molar-refractivity contribution < 1.29 is 27.6 Å². The number of pyridine rings is 1. The number of para-hydroxylation sites is 1. The van der Waals surface area contributed by atoms with Crippen LogP contribution in [0, 0.1) is 10.1 Å². The number of ether oxygens (including phenoxy) is 1. The Hall–Kier alpha value is -3.11. The molecule has 1 aliphatic carbocycles. The number of fused-ring (bicyclic) bond motifs is 2. The van der Waals surface area contributed by atoms with Crippen molar-refractivity contribution in [3.05, 3.63) is 34.5 Å². The molecular formula is C17H15F3N4O4. The highest BCUT2D eigenvalue weighted by atomic mass is 19.4. The lowest BCUT2D eigenvalue weighted by molar-refractivity contribution is -0.384. The van der Waals surface area contributed by atoms with Crippen molar-refractivity contribution in [1.29, 1.82) is 0 Å². The number of rotatable bonds is 4. The fourth-order valence-electron chi connectivity index (χ4n) is 3.61. The van der Waals surface area contributed by atoms with Gasteiger partial charge in [0.1, 0.15) is 23.2 Å². The van der Waals surface area contributed by atoms with Gasteiger partial charge in [-0.1, -0.05) is 12.1 Å². The average Bonchev–Trinajstić information content (AvgIpc) is 3.42. The van der Waals surface area contributed by atoms with Gasteiger partial charge in [0.05, 0.1) is 23.6 Å². The Morgan fingerprint density at radius 2 is 2.11 bits per heavy atom. The number of alkyl halides is 3. The summed E-state index contributed by atoms with van der Waals surface area (Å²) in [7, 11) is 1.69. The van der Waals surface area contributed by atoms with E-state index in [1.165, 1.54) is 18.2 Å². The molecule has 0 N–H and O–H groups in total. The third-order valence-electron chi connectivity index (χ3n) is 5.01. The number of nitro groups is 1. The molecule has 2 fully saturated rings. The first kappa shape index (κ1) is 18.3. The normalized spacial score (nSPS) is 21.6. The van der Waals surface area contributed by atoms with Crippen LogP contribution in [0.5, 0.6) is 5.75 Å². The van der Waals surface area contributed by atoms with Gasteiger partial charge in [-0.2, -0.15) is 13.2 Å². The SMILES string of the molecule is CN1C(=O)CN(c2c([N+](=O)[O-])cnc3c(OCC(F)(F)F)cccc23)[C@H]2C[C@H]21. The molecule has 1 aromatic carbocycles. The number of halogens is 3. The van der Waals surface area contributed by atoms with E-state index in [9.17, 15) is 28.1 Å². The smallest absolute Gasteiger partial charge is 0.422 e. The minimum atomic E-state index is -4.53. The molecule has 1 aliphatic heterocycles. The van der Waals surface area contributed by atoms with Gasteiger partial charge >= 0.3 is 11.9 Å². The number of hydrogen-bond acceptors (Lipinski definition) is 6. The zero-order valence-electron chi connectivity index (χ0n) is 14.6. The number of piperazine rings is 1. The molecule has 2 heterocycles. The highest BCUT2D eigenvalue weighted by Gasteiger charge is 2.52. The number of likely N-dealkylation sites (N-methyl/N-ethyl adjacent to an activating group) is 1. The van der Waals surface area contributed by atoms with Crippen molar-refractivity contribution in [2.24, 2.45) is 0 Å². The van der Waals surface area contributed by atoms with Gasteiger partial charge in [-0.15, -0.1) is 0 Å². The van der Waals surface area contributed by atoms with Crippen LogP contribution in [0.1, 0.15) is 6.42 Å². The number of benzene rings is 1. The largest absolute Gasteiger partial charge is 0.482 e. The predicted octanol–water partition coefficient (Wildman–Crippen LogP) is 2.50. The second kappa shape index (κ2) is 6.21. The monoisotopic (exact) mass is 396 g/mol. The summed E-state index contributed by atoms with van der Waals surface area (Å²) in [5.41, 5.74) is -0.0409. The third kappa shape index (κ3) is 3.06.